The lowest BCUT2D eigenvalue weighted by Gasteiger charge is -2.19. The summed E-state index contributed by atoms with van der Waals surface area (Å²) in [5.74, 6) is -1.81. The lowest BCUT2D eigenvalue weighted by molar-refractivity contribution is 0.0984. The van der Waals surface area contributed by atoms with Crippen molar-refractivity contribution in [3.8, 4) is 5.69 Å². The third-order valence-electron chi connectivity index (χ3n) is 5.18. The Morgan fingerprint density at radius 3 is 2.67 bits per heavy atom. The van der Waals surface area contributed by atoms with Gasteiger partial charge in [-0.3, -0.25) is 14.7 Å². The average molecular weight is 461 g/mol. The van der Waals surface area contributed by atoms with Gasteiger partial charge in [0.1, 0.15) is 11.3 Å². The summed E-state index contributed by atoms with van der Waals surface area (Å²) in [7, 11) is 0. The number of carbonyl (C=O) groups excluding carboxylic acids is 1. The van der Waals surface area contributed by atoms with Crippen LogP contribution in [0.25, 0.3) is 15.9 Å². The fraction of sp³-hybridized carbons (Fsp3) is 0.0833. The Balaban J connectivity index is 1.59. The first kappa shape index (κ1) is 20.9. The molecular weight excluding hydrogens is 444 g/mol. The van der Waals surface area contributed by atoms with Crippen LogP contribution in [0.1, 0.15) is 21.6 Å². The number of amides is 1. The van der Waals surface area contributed by atoms with Crippen molar-refractivity contribution >= 4 is 32.6 Å². The molecule has 0 radical (unpaired) electrons. The topological polar surface area (TPSA) is 63.9 Å². The van der Waals surface area contributed by atoms with Crippen molar-refractivity contribution in [1.29, 1.82) is 0 Å². The zero-order chi connectivity index (χ0) is 22.9. The van der Waals surface area contributed by atoms with Crippen LogP contribution in [0.4, 0.5) is 13.9 Å². The number of benzene rings is 2. The largest absolute Gasteiger partial charge is 0.279 e. The van der Waals surface area contributed by atoms with E-state index in [4.69, 9.17) is 0 Å². The zero-order valence-electron chi connectivity index (χ0n) is 17.4. The van der Waals surface area contributed by atoms with E-state index in [1.54, 1.807) is 23.1 Å². The highest BCUT2D eigenvalue weighted by atomic mass is 32.1. The van der Waals surface area contributed by atoms with Crippen LogP contribution in [0, 0.1) is 18.6 Å². The summed E-state index contributed by atoms with van der Waals surface area (Å²) in [4.78, 5) is 23.6. The van der Waals surface area contributed by atoms with Crippen molar-refractivity contribution in [2.24, 2.45) is 0 Å². The minimum atomic E-state index is -0.769. The van der Waals surface area contributed by atoms with Crippen LogP contribution in [0.3, 0.4) is 0 Å². The summed E-state index contributed by atoms with van der Waals surface area (Å²) < 4.78 is 30.0. The molecule has 5 rings (SSSR count). The van der Waals surface area contributed by atoms with E-state index >= 15 is 0 Å². The molecule has 0 spiro atoms. The number of rotatable bonds is 5. The highest BCUT2D eigenvalue weighted by molar-refractivity contribution is 7.22. The average Bonchev–Trinajstić information content (AvgIpc) is 3.42. The van der Waals surface area contributed by atoms with Gasteiger partial charge >= 0.3 is 0 Å². The summed E-state index contributed by atoms with van der Waals surface area (Å²) in [5, 5.41) is 4.65. The van der Waals surface area contributed by atoms with Gasteiger partial charge in [-0.15, -0.1) is 0 Å². The Morgan fingerprint density at radius 2 is 1.91 bits per heavy atom. The molecule has 3 aromatic heterocycles. The lowest BCUT2D eigenvalue weighted by atomic mass is 10.2. The number of halogens is 2. The van der Waals surface area contributed by atoms with E-state index in [9.17, 15) is 13.6 Å². The second-order valence-electron chi connectivity index (χ2n) is 7.37. The Bertz CT molecular complexity index is 1450. The molecule has 1 amide bonds. The fourth-order valence-electron chi connectivity index (χ4n) is 3.56. The molecule has 164 valence electrons. The summed E-state index contributed by atoms with van der Waals surface area (Å²) in [5.41, 5.74) is 2.65. The molecule has 9 heteroatoms. The molecule has 2 aromatic carbocycles. The van der Waals surface area contributed by atoms with Gasteiger partial charge in [-0.05, 0) is 36.8 Å². The van der Waals surface area contributed by atoms with Gasteiger partial charge in [0.05, 0.1) is 34.4 Å². The summed E-state index contributed by atoms with van der Waals surface area (Å²) in [6.07, 6.45) is 4.79. The van der Waals surface area contributed by atoms with Gasteiger partial charge in [-0.2, -0.15) is 5.10 Å². The van der Waals surface area contributed by atoms with Crippen LogP contribution in [-0.2, 0) is 6.54 Å². The van der Waals surface area contributed by atoms with E-state index in [-0.39, 0.29) is 23.1 Å². The zero-order valence-corrected chi connectivity index (χ0v) is 18.3. The molecule has 0 saturated carbocycles. The van der Waals surface area contributed by atoms with Crippen molar-refractivity contribution in [1.82, 2.24) is 19.7 Å². The number of nitrogens with zero attached hydrogens (tertiary/aromatic N) is 5. The fourth-order valence-corrected chi connectivity index (χ4v) is 4.56. The summed E-state index contributed by atoms with van der Waals surface area (Å²) in [6.45, 7) is 1.97. The molecule has 0 aliphatic heterocycles. The van der Waals surface area contributed by atoms with E-state index in [2.05, 4.69) is 15.1 Å². The predicted octanol–water partition coefficient (Wildman–Crippen LogP) is 5.31. The molecule has 0 unspecified atom stereocenters. The van der Waals surface area contributed by atoms with E-state index in [1.807, 2.05) is 43.3 Å². The smallest absolute Gasteiger partial charge is 0.263 e. The molecule has 0 fully saturated rings. The highest BCUT2D eigenvalue weighted by Gasteiger charge is 2.26. The molecule has 5 aromatic rings. The number of para-hydroxylation sites is 1. The standard InChI is InChI=1S/C24H17F2N5OS/c1-15-19(13-28-31(15)18-7-3-2-4-8-18)23(32)30(14-16-6-5-9-27-12-16)24-29-22-20(26)10-17(25)11-21(22)33-24/h2-13H,14H2,1H3. The number of aromatic nitrogens is 4. The van der Waals surface area contributed by atoms with Crippen molar-refractivity contribution in [3.63, 3.8) is 0 Å². The van der Waals surface area contributed by atoms with E-state index in [0.29, 0.717) is 16.0 Å². The maximum absolute atomic E-state index is 14.3. The third-order valence-corrected chi connectivity index (χ3v) is 6.21. The van der Waals surface area contributed by atoms with Crippen molar-refractivity contribution in [2.45, 2.75) is 13.5 Å². The molecular formula is C24H17F2N5OS. The summed E-state index contributed by atoms with van der Waals surface area (Å²) >= 11 is 1.05. The van der Waals surface area contributed by atoms with Gasteiger partial charge in [0.25, 0.3) is 5.91 Å². The van der Waals surface area contributed by atoms with Gasteiger partial charge in [0.2, 0.25) is 0 Å². The number of carbonyl (C=O) groups is 1. The first-order chi connectivity index (χ1) is 16.0. The molecule has 0 saturated heterocycles. The van der Waals surface area contributed by atoms with Crippen LogP contribution in [0.5, 0.6) is 0 Å². The second kappa shape index (κ2) is 8.51. The van der Waals surface area contributed by atoms with Gasteiger partial charge in [0.15, 0.2) is 10.9 Å². The van der Waals surface area contributed by atoms with Crippen molar-refractivity contribution in [2.75, 3.05) is 4.90 Å². The molecule has 6 nitrogen and oxygen atoms in total. The number of hydrogen-bond donors (Lipinski definition) is 0. The Labute approximate surface area is 191 Å². The predicted molar refractivity (Wildman–Crippen MR) is 123 cm³/mol. The number of thiazole rings is 1. The molecule has 33 heavy (non-hydrogen) atoms. The van der Waals surface area contributed by atoms with E-state index in [0.717, 1.165) is 28.7 Å². The van der Waals surface area contributed by atoms with Crippen LogP contribution in [0.2, 0.25) is 0 Å². The van der Waals surface area contributed by atoms with Crippen LogP contribution in [0.15, 0.2) is 73.2 Å². The number of hydrogen-bond acceptors (Lipinski definition) is 5. The Morgan fingerprint density at radius 1 is 1.09 bits per heavy atom. The van der Waals surface area contributed by atoms with E-state index < -0.39 is 11.6 Å². The first-order valence-electron chi connectivity index (χ1n) is 10.1. The first-order valence-corrected chi connectivity index (χ1v) is 10.9. The second-order valence-corrected chi connectivity index (χ2v) is 8.38. The summed E-state index contributed by atoms with van der Waals surface area (Å²) in [6, 6.07) is 15.1. The normalized spacial score (nSPS) is 11.1. The lowest BCUT2D eigenvalue weighted by Crippen LogP contribution is -2.30. The molecule has 0 bridgehead atoms. The van der Waals surface area contributed by atoms with Crippen molar-refractivity contribution < 1.29 is 13.6 Å². The third kappa shape index (κ3) is 3.98. The number of fused-ring (bicyclic) bond motifs is 1. The van der Waals surface area contributed by atoms with E-state index in [1.165, 1.54) is 17.2 Å². The molecule has 0 atom stereocenters. The maximum atomic E-state index is 14.3. The molecule has 3 heterocycles. The number of anilines is 1. The van der Waals surface area contributed by atoms with Crippen molar-refractivity contribution in [3.05, 3.63) is 102 Å². The Hall–Kier alpha value is -3.98. The monoisotopic (exact) mass is 461 g/mol. The maximum Gasteiger partial charge on any atom is 0.263 e. The van der Waals surface area contributed by atoms with Crippen LogP contribution >= 0.6 is 11.3 Å². The van der Waals surface area contributed by atoms with Gasteiger partial charge in [-0.25, -0.2) is 18.4 Å². The van der Waals surface area contributed by atoms with Gasteiger partial charge in [0, 0.05) is 18.5 Å². The van der Waals surface area contributed by atoms with Gasteiger partial charge < -0.3 is 0 Å². The molecule has 0 aliphatic rings. The minimum Gasteiger partial charge on any atom is -0.279 e. The Kier molecular flexibility index (Phi) is 5.39. The minimum absolute atomic E-state index is 0.0251. The molecule has 0 N–H and O–H groups in total. The quantitative estimate of drug-likeness (QED) is 0.356. The van der Waals surface area contributed by atoms with Crippen LogP contribution in [-0.4, -0.2) is 25.7 Å². The SMILES string of the molecule is Cc1c(C(=O)N(Cc2cccnc2)c2nc3c(F)cc(F)cc3s2)cnn1-c1ccccc1. The highest BCUT2D eigenvalue weighted by Crippen LogP contribution is 2.33. The molecule has 0 aliphatic carbocycles. The van der Waals surface area contributed by atoms with Gasteiger partial charge in [-0.1, -0.05) is 35.6 Å². The number of pyridine rings is 1. The van der Waals surface area contributed by atoms with Crippen LogP contribution < -0.4 is 4.90 Å².